The molecule has 0 aliphatic carbocycles. The third-order valence-electron chi connectivity index (χ3n) is 3.73. The number of ether oxygens (including phenoxy) is 1. The lowest BCUT2D eigenvalue weighted by Gasteiger charge is -2.45. The van der Waals surface area contributed by atoms with Gasteiger partial charge in [-0.3, -0.25) is 19.8 Å². The van der Waals surface area contributed by atoms with Gasteiger partial charge in [0.1, 0.15) is 17.7 Å². The van der Waals surface area contributed by atoms with Gasteiger partial charge in [-0.15, -0.1) is 0 Å². The lowest BCUT2D eigenvalue weighted by Crippen LogP contribution is -2.54. The zero-order valence-corrected chi connectivity index (χ0v) is 13.7. The van der Waals surface area contributed by atoms with Crippen molar-refractivity contribution in [2.24, 2.45) is 0 Å². The number of hydrogen-bond donors (Lipinski definition) is 0. The Morgan fingerprint density at radius 3 is 2.71 bits per heavy atom. The van der Waals surface area contributed by atoms with E-state index in [1.807, 2.05) is 11.2 Å². The summed E-state index contributed by atoms with van der Waals surface area (Å²) in [5.41, 5.74) is 0.849. The zero-order valence-electron chi connectivity index (χ0n) is 12.9. The van der Waals surface area contributed by atoms with E-state index in [4.69, 9.17) is 4.74 Å². The molecule has 1 saturated heterocycles. The number of nitro groups is 1. The first-order valence-corrected chi connectivity index (χ1v) is 8.21. The molecular formula is C15H15N3O5S. The fourth-order valence-corrected chi connectivity index (χ4v) is 3.56. The van der Waals surface area contributed by atoms with Gasteiger partial charge in [0.05, 0.1) is 11.3 Å². The van der Waals surface area contributed by atoms with Gasteiger partial charge in [0.15, 0.2) is 0 Å². The van der Waals surface area contributed by atoms with Gasteiger partial charge in [0, 0.05) is 24.9 Å². The van der Waals surface area contributed by atoms with Crippen LogP contribution in [-0.2, 0) is 20.9 Å². The van der Waals surface area contributed by atoms with Gasteiger partial charge in [-0.05, 0) is 36.6 Å². The van der Waals surface area contributed by atoms with E-state index in [0.29, 0.717) is 18.5 Å². The lowest BCUT2D eigenvalue weighted by atomic mass is 10.1. The van der Waals surface area contributed by atoms with E-state index in [9.17, 15) is 19.7 Å². The largest absolute Gasteiger partial charge is 0.456 e. The lowest BCUT2D eigenvalue weighted by molar-refractivity contribution is -0.384. The van der Waals surface area contributed by atoms with Crippen molar-refractivity contribution in [3.63, 3.8) is 0 Å². The highest BCUT2D eigenvalue weighted by molar-refractivity contribution is 7.97. The molecule has 2 aliphatic heterocycles. The molecule has 1 aromatic rings. The average Bonchev–Trinajstić information content (AvgIpc) is 2.58. The Morgan fingerprint density at radius 2 is 2.12 bits per heavy atom. The number of carbonyl (C=O) groups excluding carboxylic acids is 2. The third kappa shape index (κ3) is 3.07. The number of nitrogens with zero attached hydrogens (tertiary/aromatic N) is 3. The van der Waals surface area contributed by atoms with Crippen LogP contribution in [0, 0.1) is 10.1 Å². The number of fused-ring (bicyclic) bond motifs is 1. The minimum Gasteiger partial charge on any atom is -0.456 e. The van der Waals surface area contributed by atoms with Crippen molar-refractivity contribution in [3.05, 3.63) is 51.8 Å². The molecule has 0 bridgehead atoms. The molecule has 0 unspecified atom stereocenters. The molecular weight excluding hydrogens is 334 g/mol. The summed E-state index contributed by atoms with van der Waals surface area (Å²) in [4.78, 5) is 35.6. The highest BCUT2D eigenvalue weighted by Crippen LogP contribution is 2.39. The maximum absolute atomic E-state index is 12.3. The van der Waals surface area contributed by atoms with Crippen molar-refractivity contribution in [1.29, 1.82) is 0 Å². The number of nitro benzene ring substituents is 1. The molecule has 9 heteroatoms. The second kappa shape index (κ2) is 6.52. The van der Waals surface area contributed by atoms with E-state index in [1.54, 1.807) is 6.20 Å². The van der Waals surface area contributed by atoms with E-state index in [1.165, 1.54) is 41.1 Å². The van der Waals surface area contributed by atoms with Crippen LogP contribution in [0.5, 0.6) is 0 Å². The molecule has 0 spiro atoms. The Hall–Kier alpha value is -2.55. The molecule has 2 aliphatic rings. The molecule has 0 N–H and O–H groups in total. The molecule has 1 amide bonds. The Balaban J connectivity index is 1.66. The fourth-order valence-electron chi connectivity index (χ4n) is 2.40. The summed E-state index contributed by atoms with van der Waals surface area (Å²) in [5, 5.41) is 10.6. The van der Waals surface area contributed by atoms with Gasteiger partial charge >= 0.3 is 5.97 Å². The molecule has 1 aromatic carbocycles. The van der Waals surface area contributed by atoms with Crippen molar-refractivity contribution in [2.45, 2.75) is 25.3 Å². The molecule has 24 heavy (non-hydrogen) atoms. The van der Waals surface area contributed by atoms with Gasteiger partial charge in [-0.1, -0.05) is 0 Å². The summed E-state index contributed by atoms with van der Waals surface area (Å²) in [7, 11) is 0. The van der Waals surface area contributed by atoms with Gasteiger partial charge in [-0.25, -0.2) is 4.79 Å². The minimum absolute atomic E-state index is 0.0138. The standard InChI is InChI=1S/C15H15N3O5S/c1-2-16-8-12(17-13(19)7-14(17)24-16)15(20)23-9-10-3-5-11(6-4-10)18(21)22/h3-6,8,14H,2,7,9H2,1H3/t14-/m1/s1. The number of benzene rings is 1. The molecule has 0 saturated carbocycles. The van der Waals surface area contributed by atoms with Gasteiger partial charge < -0.3 is 9.04 Å². The van der Waals surface area contributed by atoms with Crippen molar-refractivity contribution in [3.8, 4) is 0 Å². The highest BCUT2D eigenvalue weighted by Gasteiger charge is 2.45. The third-order valence-corrected chi connectivity index (χ3v) is 4.98. The fraction of sp³-hybridized carbons (Fsp3) is 0.333. The SMILES string of the molecule is CCN1C=C(C(=O)OCc2ccc([N+](=O)[O-])cc2)N2C(=O)C[C@H]2S1. The molecule has 0 aromatic heterocycles. The van der Waals surface area contributed by atoms with E-state index in [-0.39, 0.29) is 29.3 Å². The molecule has 1 fully saturated rings. The predicted octanol–water partition coefficient (Wildman–Crippen LogP) is 2.02. The summed E-state index contributed by atoms with van der Waals surface area (Å²) in [6.07, 6.45) is 2.03. The second-order valence-corrected chi connectivity index (χ2v) is 6.50. The van der Waals surface area contributed by atoms with Crippen LogP contribution >= 0.6 is 11.9 Å². The van der Waals surface area contributed by atoms with Crippen LogP contribution in [-0.4, -0.2) is 37.9 Å². The number of esters is 1. The second-order valence-electron chi connectivity index (χ2n) is 5.28. The normalized spacial score (nSPS) is 19.3. The number of carbonyl (C=O) groups is 2. The van der Waals surface area contributed by atoms with Crippen LogP contribution in [0.4, 0.5) is 5.69 Å². The van der Waals surface area contributed by atoms with Crippen LogP contribution < -0.4 is 0 Å². The summed E-state index contributed by atoms with van der Waals surface area (Å²) in [6, 6.07) is 5.78. The number of rotatable bonds is 5. The Morgan fingerprint density at radius 1 is 1.42 bits per heavy atom. The van der Waals surface area contributed by atoms with E-state index < -0.39 is 10.9 Å². The maximum Gasteiger partial charge on any atom is 0.356 e. The topological polar surface area (TPSA) is 93.0 Å². The van der Waals surface area contributed by atoms with Crippen molar-refractivity contribution in [2.75, 3.05) is 6.54 Å². The molecule has 2 heterocycles. The van der Waals surface area contributed by atoms with Crippen LogP contribution in [0.25, 0.3) is 0 Å². The number of hydrogen-bond acceptors (Lipinski definition) is 7. The first-order valence-electron chi connectivity index (χ1n) is 7.37. The molecule has 1 atom stereocenters. The minimum atomic E-state index is -0.579. The van der Waals surface area contributed by atoms with Crippen LogP contribution in [0.15, 0.2) is 36.2 Å². The van der Waals surface area contributed by atoms with Crippen molar-refractivity contribution in [1.82, 2.24) is 9.21 Å². The quantitative estimate of drug-likeness (QED) is 0.264. The monoisotopic (exact) mass is 349 g/mol. The number of non-ortho nitro benzene ring substituents is 1. The van der Waals surface area contributed by atoms with Gasteiger partial charge in [0.2, 0.25) is 5.91 Å². The van der Waals surface area contributed by atoms with Crippen molar-refractivity contribution < 1.29 is 19.2 Å². The smallest absolute Gasteiger partial charge is 0.356 e. The summed E-state index contributed by atoms with van der Waals surface area (Å²) in [6.45, 7) is 2.65. The molecule has 0 radical (unpaired) electrons. The molecule has 8 nitrogen and oxygen atoms in total. The molecule has 126 valence electrons. The van der Waals surface area contributed by atoms with Gasteiger partial charge in [-0.2, -0.15) is 0 Å². The summed E-state index contributed by atoms with van der Waals surface area (Å²) >= 11 is 1.52. The zero-order chi connectivity index (χ0) is 17.3. The summed E-state index contributed by atoms with van der Waals surface area (Å²) < 4.78 is 7.15. The first-order chi connectivity index (χ1) is 11.5. The first kappa shape index (κ1) is 16.3. The van der Waals surface area contributed by atoms with Gasteiger partial charge in [0.25, 0.3) is 5.69 Å². The van der Waals surface area contributed by atoms with E-state index >= 15 is 0 Å². The predicted molar refractivity (Wildman–Crippen MR) is 86.2 cm³/mol. The number of β-lactam (4-membered cyclic amide) rings is 1. The van der Waals surface area contributed by atoms with E-state index in [2.05, 4.69) is 0 Å². The number of amides is 1. The Labute approximate surface area is 142 Å². The van der Waals surface area contributed by atoms with E-state index in [0.717, 1.165) is 0 Å². The maximum atomic E-state index is 12.3. The Bertz CT molecular complexity index is 718. The van der Waals surface area contributed by atoms with Crippen molar-refractivity contribution >= 4 is 29.5 Å². The highest BCUT2D eigenvalue weighted by atomic mass is 32.2. The Kier molecular flexibility index (Phi) is 4.43. The average molecular weight is 349 g/mol. The summed E-state index contributed by atoms with van der Waals surface area (Å²) in [5.74, 6) is -0.674. The van der Waals surface area contributed by atoms with Crippen LogP contribution in [0.1, 0.15) is 18.9 Å². The van der Waals surface area contributed by atoms with Crippen LogP contribution in [0.2, 0.25) is 0 Å². The molecule has 3 rings (SSSR count). The van der Waals surface area contributed by atoms with Crippen LogP contribution in [0.3, 0.4) is 0 Å².